The molecule has 0 saturated carbocycles. The number of halogens is 3. The van der Waals surface area contributed by atoms with Gasteiger partial charge in [-0.15, -0.1) is 0 Å². The number of benzene rings is 2. The molecule has 20 heavy (non-hydrogen) atoms. The Kier molecular flexibility index (Phi) is 4.62. The summed E-state index contributed by atoms with van der Waals surface area (Å²) in [6, 6.07) is 8.64. The molecule has 2 rings (SSSR count). The van der Waals surface area contributed by atoms with Crippen molar-refractivity contribution in [2.75, 3.05) is 0 Å². The fourth-order valence-electron chi connectivity index (χ4n) is 1.56. The maximum absolute atomic E-state index is 13.5. The monoisotopic (exact) mass is 358 g/mol. The van der Waals surface area contributed by atoms with Crippen LogP contribution in [0.25, 0.3) is 0 Å². The first kappa shape index (κ1) is 14.8. The zero-order valence-corrected chi connectivity index (χ0v) is 12.4. The number of ether oxygens (including phenoxy) is 1. The van der Waals surface area contributed by atoms with E-state index in [0.29, 0.717) is 11.3 Å². The molecule has 0 aliphatic heterocycles. The van der Waals surface area contributed by atoms with Crippen LogP contribution in [-0.2, 0) is 6.61 Å². The summed E-state index contributed by atoms with van der Waals surface area (Å²) in [5.74, 6) is -1.15. The predicted molar refractivity (Wildman–Crippen MR) is 76.8 cm³/mol. The SMILES string of the molecule is O=C(O)c1ccc(OCc2cc(Br)ccc2F)c(Cl)c1. The third-order valence-corrected chi connectivity index (χ3v) is 3.36. The summed E-state index contributed by atoms with van der Waals surface area (Å²) in [6.45, 7) is -0.00257. The van der Waals surface area contributed by atoms with E-state index >= 15 is 0 Å². The Bertz CT molecular complexity index is 661. The Morgan fingerprint density at radius 1 is 1.30 bits per heavy atom. The lowest BCUT2D eigenvalue weighted by Crippen LogP contribution is -2.01. The van der Waals surface area contributed by atoms with E-state index < -0.39 is 5.97 Å². The third kappa shape index (κ3) is 3.49. The number of aromatic carboxylic acids is 1. The minimum absolute atomic E-state index is 0.00257. The molecule has 0 unspecified atom stereocenters. The van der Waals surface area contributed by atoms with Gasteiger partial charge in [-0.05, 0) is 36.4 Å². The van der Waals surface area contributed by atoms with Gasteiger partial charge in [-0.2, -0.15) is 0 Å². The molecule has 0 aliphatic rings. The number of hydrogen-bond acceptors (Lipinski definition) is 2. The molecule has 0 saturated heterocycles. The lowest BCUT2D eigenvalue weighted by molar-refractivity contribution is 0.0697. The van der Waals surface area contributed by atoms with Crippen LogP contribution in [0.3, 0.4) is 0 Å². The van der Waals surface area contributed by atoms with Crippen molar-refractivity contribution in [3.05, 3.63) is 62.8 Å². The van der Waals surface area contributed by atoms with Crippen LogP contribution in [0.15, 0.2) is 40.9 Å². The second-order valence-corrected chi connectivity index (χ2v) is 5.30. The normalized spacial score (nSPS) is 10.3. The Hall–Kier alpha value is -1.59. The molecule has 0 aliphatic carbocycles. The quantitative estimate of drug-likeness (QED) is 0.873. The summed E-state index contributed by atoms with van der Waals surface area (Å²) < 4.78 is 19.7. The summed E-state index contributed by atoms with van der Waals surface area (Å²) in [5.41, 5.74) is 0.439. The van der Waals surface area contributed by atoms with Crippen molar-refractivity contribution in [3.63, 3.8) is 0 Å². The topological polar surface area (TPSA) is 46.5 Å². The van der Waals surface area contributed by atoms with Crippen molar-refractivity contribution >= 4 is 33.5 Å². The molecule has 104 valence electrons. The standard InChI is InChI=1S/C14H9BrClFO3/c15-10-2-3-12(17)9(5-10)7-20-13-4-1-8(14(18)19)6-11(13)16/h1-6H,7H2,(H,18,19). The number of carboxylic acids is 1. The van der Waals surface area contributed by atoms with Gasteiger partial charge < -0.3 is 9.84 Å². The van der Waals surface area contributed by atoms with E-state index in [0.717, 1.165) is 4.47 Å². The maximum Gasteiger partial charge on any atom is 0.335 e. The molecule has 2 aromatic rings. The van der Waals surface area contributed by atoms with Crippen LogP contribution < -0.4 is 4.74 Å². The van der Waals surface area contributed by atoms with E-state index in [-0.39, 0.29) is 23.0 Å². The van der Waals surface area contributed by atoms with Crippen LogP contribution >= 0.6 is 27.5 Å². The number of carboxylic acid groups (broad SMARTS) is 1. The molecule has 0 bridgehead atoms. The van der Waals surface area contributed by atoms with Crippen molar-refractivity contribution in [2.45, 2.75) is 6.61 Å². The molecule has 6 heteroatoms. The minimum atomic E-state index is -1.07. The summed E-state index contributed by atoms with van der Waals surface area (Å²) in [6.07, 6.45) is 0. The van der Waals surface area contributed by atoms with E-state index in [4.69, 9.17) is 21.4 Å². The number of carbonyl (C=O) groups is 1. The van der Waals surface area contributed by atoms with E-state index in [1.807, 2.05) is 0 Å². The Morgan fingerprint density at radius 2 is 2.05 bits per heavy atom. The Morgan fingerprint density at radius 3 is 2.70 bits per heavy atom. The highest BCUT2D eigenvalue weighted by Crippen LogP contribution is 2.27. The van der Waals surface area contributed by atoms with Crippen molar-refractivity contribution in [2.24, 2.45) is 0 Å². The molecule has 0 atom stereocenters. The zero-order chi connectivity index (χ0) is 14.7. The van der Waals surface area contributed by atoms with Crippen LogP contribution in [0, 0.1) is 5.82 Å². The highest BCUT2D eigenvalue weighted by atomic mass is 79.9. The summed E-state index contributed by atoms with van der Waals surface area (Å²) >= 11 is 9.17. The second-order valence-electron chi connectivity index (χ2n) is 3.97. The molecular weight excluding hydrogens is 351 g/mol. The smallest absolute Gasteiger partial charge is 0.335 e. The average molecular weight is 360 g/mol. The van der Waals surface area contributed by atoms with Gasteiger partial charge in [-0.25, -0.2) is 9.18 Å². The van der Waals surface area contributed by atoms with Crippen LogP contribution in [0.2, 0.25) is 5.02 Å². The highest BCUT2D eigenvalue weighted by molar-refractivity contribution is 9.10. The van der Waals surface area contributed by atoms with Crippen LogP contribution in [0.4, 0.5) is 4.39 Å². The van der Waals surface area contributed by atoms with Gasteiger partial charge in [0.25, 0.3) is 0 Å². The lowest BCUT2D eigenvalue weighted by Gasteiger charge is -2.09. The van der Waals surface area contributed by atoms with Gasteiger partial charge in [0.2, 0.25) is 0 Å². The van der Waals surface area contributed by atoms with Gasteiger partial charge in [-0.1, -0.05) is 27.5 Å². The molecule has 0 heterocycles. The van der Waals surface area contributed by atoms with E-state index in [2.05, 4.69) is 15.9 Å². The Balaban J connectivity index is 2.15. The van der Waals surface area contributed by atoms with Crippen molar-refractivity contribution < 1.29 is 19.0 Å². The van der Waals surface area contributed by atoms with Crippen molar-refractivity contribution in [1.29, 1.82) is 0 Å². The van der Waals surface area contributed by atoms with E-state index in [9.17, 15) is 9.18 Å². The molecule has 1 N–H and O–H groups in total. The minimum Gasteiger partial charge on any atom is -0.487 e. The first-order chi connectivity index (χ1) is 9.47. The Labute approximate surface area is 128 Å². The van der Waals surface area contributed by atoms with Gasteiger partial charge in [0.15, 0.2) is 0 Å². The summed E-state index contributed by atoms with van der Waals surface area (Å²) in [5, 5.41) is 8.99. The molecule has 2 aromatic carbocycles. The predicted octanol–water partition coefficient (Wildman–Crippen LogP) is 4.52. The number of hydrogen-bond donors (Lipinski definition) is 1. The molecule has 0 radical (unpaired) electrons. The van der Waals surface area contributed by atoms with Crippen LogP contribution in [-0.4, -0.2) is 11.1 Å². The van der Waals surface area contributed by atoms with Gasteiger partial charge >= 0.3 is 5.97 Å². The van der Waals surface area contributed by atoms with Crippen LogP contribution in [0.1, 0.15) is 15.9 Å². The fourth-order valence-corrected chi connectivity index (χ4v) is 2.20. The zero-order valence-electron chi connectivity index (χ0n) is 10.1. The van der Waals surface area contributed by atoms with Gasteiger partial charge in [0.05, 0.1) is 10.6 Å². The third-order valence-electron chi connectivity index (χ3n) is 2.57. The molecule has 0 aromatic heterocycles. The van der Waals surface area contributed by atoms with Crippen molar-refractivity contribution in [1.82, 2.24) is 0 Å². The second kappa shape index (κ2) is 6.24. The maximum atomic E-state index is 13.5. The number of rotatable bonds is 4. The fraction of sp³-hybridized carbons (Fsp3) is 0.0714. The molecule has 0 amide bonds. The van der Waals surface area contributed by atoms with E-state index in [1.165, 1.54) is 24.3 Å². The largest absolute Gasteiger partial charge is 0.487 e. The lowest BCUT2D eigenvalue weighted by atomic mass is 10.2. The van der Waals surface area contributed by atoms with Crippen molar-refractivity contribution in [3.8, 4) is 5.75 Å². The first-order valence-corrected chi connectivity index (χ1v) is 6.74. The van der Waals surface area contributed by atoms with Gasteiger partial charge in [0.1, 0.15) is 18.2 Å². The molecule has 3 nitrogen and oxygen atoms in total. The van der Waals surface area contributed by atoms with Crippen LogP contribution in [0.5, 0.6) is 5.75 Å². The first-order valence-electron chi connectivity index (χ1n) is 5.57. The van der Waals surface area contributed by atoms with E-state index in [1.54, 1.807) is 12.1 Å². The average Bonchev–Trinajstić information content (AvgIpc) is 2.40. The molecule has 0 fully saturated rings. The van der Waals surface area contributed by atoms with Gasteiger partial charge in [0, 0.05) is 10.0 Å². The van der Waals surface area contributed by atoms with Gasteiger partial charge in [-0.3, -0.25) is 0 Å². The highest BCUT2D eigenvalue weighted by Gasteiger charge is 2.09. The summed E-state index contributed by atoms with van der Waals surface area (Å²) in [4.78, 5) is 10.8. The molecule has 0 spiro atoms. The molecular formula is C14H9BrClFO3. The summed E-state index contributed by atoms with van der Waals surface area (Å²) in [7, 11) is 0.